The van der Waals surface area contributed by atoms with Crippen LogP contribution in [0, 0.1) is 0 Å². The quantitative estimate of drug-likeness (QED) is 0.417. The number of rotatable bonds is 2. The molecule has 0 amide bonds. The van der Waals surface area contributed by atoms with Gasteiger partial charge in [-0.1, -0.05) is 6.07 Å². The van der Waals surface area contributed by atoms with Gasteiger partial charge in [-0.25, -0.2) is 0 Å². The summed E-state index contributed by atoms with van der Waals surface area (Å²) >= 11 is 1.48. The first-order valence-corrected chi connectivity index (χ1v) is 4.20. The molecule has 0 radical (unpaired) electrons. The molecule has 0 saturated heterocycles. The fourth-order valence-corrected chi connectivity index (χ4v) is 1.44. The molecule has 7 heteroatoms. The SMILES string of the molecule is [N-]=[N+]=Nc1nnc(-c2cccs2)o1. The fourth-order valence-electron chi connectivity index (χ4n) is 0.794. The van der Waals surface area contributed by atoms with Crippen molar-refractivity contribution in [3.05, 3.63) is 28.0 Å². The zero-order chi connectivity index (χ0) is 9.10. The number of nitrogens with zero attached hydrogens (tertiary/aromatic N) is 5. The van der Waals surface area contributed by atoms with E-state index in [-0.39, 0.29) is 6.01 Å². The molecule has 0 spiro atoms. The maximum atomic E-state index is 8.09. The van der Waals surface area contributed by atoms with Gasteiger partial charge in [0, 0.05) is 10.0 Å². The van der Waals surface area contributed by atoms with E-state index in [0.717, 1.165) is 4.88 Å². The highest BCUT2D eigenvalue weighted by molar-refractivity contribution is 7.13. The second-order valence-corrected chi connectivity index (χ2v) is 3.00. The molecule has 13 heavy (non-hydrogen) atoms. The Labute approximate surface area is 76.5 Å². The molecule has 0 aromatic carbocycles. The molecule has 6 nitrogen and oxygen atoms in total. The average molecular weight is 193 g/mol. The van der Waals surface area contributed by atoms with Gasteiger partial charge in [0.2, 0.25) is 0 Å². The summed E-state index contributed by atoms with van der Waals surface area (Å²) < 4.78 is 5.04. The molecular formula is C6H3N5OS. The number of hydrogen-bond donors (Lipinski definition) is 0. The van der Waals surface area contributed by atoms with Crippen molar-refractivity contribution < 1.29 is 4.42 Å². The van der Waals surface area contributed by atoms with Gasteiger partial charge in [0.25, 0.3) is 5.89 Å². The molecule has 0 N–H and O–H groups in total. The monoisotopic (exact) mass is 193 g/mol. The van der Waals surface area contributed by atoms with Crippen molar-refractivity contribution in [2.24, 2.45) is 5.11 Å². The van der Waals surface area contributed by atoms with Crippen molar-refractivity contribution in [2.45, 2.75) is 0 Å². The maximum Gasteiger partial charge on any atom is 0.304 e. The Kier molecular flexibility index (Phi) is 1.95. The molecule has 0 aliphatic heterocycles. The first kappa shape index (κ1) is 7.78. The Morgan fingerprint density at radius 1 is 1.54 bits per heavy atom. The van der Waals surface area contributed by atoms with E-state index in [1.165, 1.54) is 11.3 Å². The highest BCUT2D eigenvalue weighted by Crippen LogP contribution is 2.25. The van der Waals surface area contributed by atoms with Crippen LogP contribution < -0.4 is 0 Å². The van der Waals surface area contributed by atoms with E-state index >= 15 is 0 Å². The highest BCUT2D eigenvalue weighted by atomic mass is 32.1. The van der Waals surface area contributed by atoms with Crippen LogP contribution in [0.1, 0.15) is 0 Å². The van der Waals surface area contributed by atoms with Crippen LogP contribution >= 0.6 is 11.3 Å². The van der Waals surface area contributed by atoms with E-state index in [0.29, 0.717) is 5.89 Å². The molecule has 2 heterocycles. The van der Waals surface area contributed by atoms with Gasteiger partial charge < -0.3 is 4.42 Å². The summed E-state index contributed by atoms with van der Waals surface area (Å²) in [5.41, 5.74) is 8.09. The summed E-state index contributed by atoms with van der Waals surface area (Å²) in [6.07, 6.45) is 0. The summed E-state index contributed by atoms with van der Waals surface area (Å²) in [5, 5.41) is 12.3. The zero-order valence-corrected chi connectivity index (χ0v) is 7.10. The molecule has 0 saturated carbocycles. The summed E-state index contributed by atoms with van der Waals surface area (Å²) in [7, 11) is 0. The minimum atomic E-state index is -0.0640. The average Bonchev–Trinajstić information content (AvgIpc) is 2.70. The van der Waals surface area contributed by atoms with Gasteiger partial charge >= 0.3 is 6.01 Å². The predicted octanol–water partition coefficient (Wildman–Crippen LogP) is 2.74. The van der Waals surface area contributed by atoms with Crippen molar-refractivity contribution >= 4 is 17.4 Å². The van der Waals surface area contributed by atoms with Gasteiger partial charge in [-0.15, -0.1) is 21.5 Å². The molecule has 0 aliphatic rings. The second kappa shape index (κ2) is 3.26. The van der Waals surface area contributed by atoms with Gasteiger partial charge in [0.1, 0.15) is 0 Å². The maximum absolute atomic E-state index is 8.09. The minimum Gasteiger partial charge on any atom is -0.414 e. The molecule has 2 rings (SSSR count). The lowest BCUT2D eigenvalue weighted by Crippen LogP contribution is -1.69. The van der Waals surface area contributed by atoms with Crippen LogP contribution in [0.15, 0.2) is 27.0 Å². The minimum absolute atomic E-state index is 0.0640. The third kappa shape index (κ3) is 1.51. The van der Waals surface area contributed by atoms with E-state index in [9.17, 15) is 0 Å². The predicted molar refractivity (Wildman–Crippen MR) is 46.4 cm³/mol. The molecule has 0 bridgehead atoms. The Morgan fingerprint density at radius 2 is 2.46 bits per heavy atom. The topological polar surface area (TPSA) is 87.7 Å². The largest absolute Gasteiger partial charge is 0.414 e. The lowest BCUT2D eigenvalue weighted by atomic mass is 10.5. The number of aromatic nitrogens is 2. The van der Waals surface area contributed by atoms with Crippen LogP contribution in [0.2, 0.25) is 0 Å². The summed E-state index contributed by atoms with van der Waals surface area (Å²) in [6.45, 7) is 0. The van der Waals surface area contributed by atoms with Crippen LogP contribution in [-0.4, -0.2) is 10.2 Å². The third-order valence-electron chi connectivity index (χ3n) is 1.28. The Morgan fingerprint density at radius 3 is 3.15 bits per heavy atom. The Bertz CT molecular complexity index is 441. The molecule has 2 aromatic heterocycles. The van der Waals surface area contributed by atoms with E-state index < -0.39 is 0 Å². The van der Waals surface area contributed by atoms with Gasteiger partial charge in [-0.3, -0.25) is 0 Å². The van der Waals surface area contributed by atoms with Crippen molar-refractivity contribution in [3.8, 4) is 10.8 Å². The molecule has 64 valence electrons. The number of azide groups is 1. The lowest BCUT2D eigenvalue weighted by Gasteiger charge is -1.82. The molecule has 0 atom stereocenters. The normalized spacial score (nSPS) is 9.54. The number of thiophene rings is 1. The van der Waals surface area contributed by atoms with Crippen molar-refractivity contribution in [2.75, 3.05) is 0 Å². The Hall–Kier alpha value is -1.85. The van der Waals surface area contributed by atoms with E-state index in [4.69, 9.17) is 9.95 Å². The lowest BCUT2D eigenvalue weighted by molar-refractivity contribution is 0.580. The standard InChI is InChI=1S/C6H3N5OS/c7-11-10-6-9-8-5(12-6)4-2-1-3-13-4/h1-3H. The third-order valence-corrected chi connectivity index (χ3v) is 2.13. The van der Waals surface area contributed by atoms with Crippen LogP contribution in [-0.2, 0) is 0 Å². The molecule has 0 unspecified atom stereocenters. The van der Waals surface area contributed by atoms with Crippen molar-refractivity contribution in [3.63, 3.8) is 0 Å². The molecular weight excluding hydrogens is 190 g/mol. The van der Waals surface area contributed by atoms with E-state index in [1.54, 1.807) is 0 Å². The zero-order valence-electron chi connectivity index (χ0n) is 6.28. The van der Waals surface area contributed by atoms with Crippen molar-refractivity contribution in [1.29, 1.82) is 0 Å². The molecule has 0 aliphatic carbocycles. The van der Waals surface area contributed by atoms with E-state index in [2.05, 4.69) is 20.2 Å². The first-order valence-electron chi connectivity index (χ1n) is 3.32. The first-order chi connectivity index (χ1) is 6.40. The second-order valence-electron chi connectivity index (χ2n) is 2.06. The number of hydrogen-bond acceptors (Lipinski definition) is 5. The van der Waals surface area contributed by atoms with Gasteiger partial charge in [-0.05, 0) is 17.0 Å². The van der Waals surface area contributed by atoms with Gasteiger partial charge in [0.05, 0.1) is 4.88 Å². The van der Waals surface area contributed by atoms with Crippen molar-refractivity contribution in [1.82, 2.24) is 10.2 Å². The van der Waals surface area contributed by atoms with Crippen LogP contribution in [0.5, 0.6) is 0 Å². The van der Waals surface area contributed by atoms with Gasteiger partial charge in [0.15, 0.2) is 0 Å². The van der Waals surface area contributed by atoms with Crippen LogP contribution in [0.25, 0.3) is 21.2 Å². The van der Waals surface area contributed by atoms with Crippen LogP contribution in [0.4, 0.5) is 6.01 Å². The fraction of sp³-hybridized carbons (Fsp3) is 0. The molecule has 2 aromatic rings. The summed E-state index contributed by atoms with van der Waals surface area (Å²) in [4.78, 5) is 3.39. The smallest absolute Gasteiger partial charge is 0.304 e. The summed E-state index contributed by atoms with van der Waals surface area (Å²) in [6, 6.07) is 3.65. The molecule has 0 fully saturated rings. The van der Waals surface area contributed by atoms with Crippen LogP contribution in [0.3, 0.4) is 0 Å². The van der Waals surface area contributed by atoms with Gasteiger partial charge in [-0.2, -0.15) is 0 Å². The Balaban J connectivity index is 2.38. The highest BCUT2D eigenvalue weighted by Gasteiger charge is 2.06. The van der Waals surface area contributed by atoms with E-state index in [1.807, 2.05) is 17.5 Å². The summed E-state index contributed by atoms with van der Waals surface area (Å²) in [5.74, 6) is 0.373.